The van der Waals surface area contributed by atoms with E-state index in [2.05, 4.69) is 4.98 Å². The van der Waals surface area contributed by atoms with Crippen LogP contribution in [-0.2, 0) is 16.0 Å². The molecule has 1 unspecified atom stereocenters. The standard InChI is InChI=1S/C17H15NO3S/c1-10(17(20)21-2)11-5-6-13-14(19)8-12-4-3-7-18-16(12)22-15(13)9-11/h3-7,9-10H,8H2,1-2H3. The second kappa shape index (κ2) is 5.93. The molecule has 0 amide bonds. The van der Waals surface area contributed by atoms with Gasteiger partial charge in [0.15, 0.2) is 5.78 Å². The van der Waals surface area contributed by atoms with Crippen molar-refractivity contribution in [2.24, 2.45) is 0 Å². The lowest BCUT2D eigenvalue weighted by molar-refractivity contribution is -0.141. The van der Waals surface area contributed by atoms with Gasteiger partial charge in [-0.15, -0.1) is 0 Å². The summed E-state index contributed by atoms with van der Waals surface area (Å²) in [7, 11) is 1.38. The molecule has 1 aromatic carbocycles. The Morgan fingerprint density at radius 3 is 2.95 bits per heavy atom. The van der Waals surface area contributed by atoms with E-state index in [-0.39, 0.29) is 17.7 Å². The zero-order valence-electron chi connectivity index (χ0n) is 12.3. The summed E-state index contributed by atoms with van der Waals surface area (Å²) in [5.74, 6) is -0.576. The fourth-order valence-corrected chi connectivity index (χ4v) is 3.54. The van der Waals surface area contributed by atoms with Crippen molar-refractivity contribution in [3.05, 3.63) is 53.2 Å². The Morgan fingerprint density at radius 2 is 2.18 bits per heavy atom. The normalized spacial score (nSPS) is 14.5. The van der Waals surface area contributed by atoms with E-state index >= 15 is 0 Å². The molecule has 0 aliphatic carbocycles. The van der Waals surface area contributed by atoms with Crippen molar-refractivity contribution in [2.45, 2.75) is 29.2 Å². The van der Waals surface area contributed by atoms with Crippen LogP contribution in [0.5, 0.6) is 0 Å². The van der Waals surface area contributed by atoms with Crippen LogP contribution in [0.25, 0.3) is 0 Å². The lowest BCUT2D eigenvalue weighted by Gasteiger charge is -2.12. The van der Waals surface area contributed by atoms with Gasteiger partial charge in [0.25, 0.3) is 0 Å². The molecular formula is C17H15NO3S. The average Bonchev–Trinajstić information content (AvgIpc) is 2.68. The van der Waals surface area contributed by atoms with Crippen LogP contribution in [0.4, 0.5) is 0 Å². The number of benzene rings is 1. The van der Waals surface area contributed by atoms with Crippen molar-refractivity contribution < 1.29 is 14.3 Å². The van der Waals surface area contributed by atoms with Gasteiger partial charge in [0, 0.05) is 23.1 Å². The molecule has 0 radical (unpaired) electrons. The molecule has 112 valence electrons. The van der Waals surface area contributed by atoms with Crippen molar-refractivity contribution >= 4 is 23.5 Å². The predicted octanol–water partition coefficient (Wildman–Crippen LogP) is 3.25. The summed E-state index contributed by atoms with van der Waals surface area (Å²) in [4.78, 5) is 29.3. The van der Waals surface area contributed by atoms with Crippen molar-refractivity contribution in [1.29, 1.82) is 0 Å². The summed E-state index contributed by atoms with van der Waals surface area (Å²) in [6.45, 7) is 1.79. The van der Waals surface area contributed by atoms with Crippen LogP contribution in [0.2, 0.25) is 0 Å². The molecule has 0 saturated heterocycles. The molecule has 0 spiro atoms. The Hall–Kier alpha value is -2.14. The van der Waals surface area contributed by atoms with Gasteiger partial charge in [-0.2, -0.15) is 0 Å². The minimum atomic E-state index is -0.363. The van der Waals surface area contributed by atoms with Crippen molar-refractivity contribution in [2.75, 3.05) is 7.11 Å². The highest BCUT2D eigenvalue weighted by Gasteiger charge is 2.23. The number of hydrogen-bond acceptors (Lipinski definition) is 5. The Morgan fingerprint density at radius 1 is 1.36 bits per heavy atom. The Balaban J connectivity index is 2.04. The highest BCUT2D eigenvalue weighted by molar-refractivity contribution is 7.99. The molecule has 1 aliphatic heterocycles. The van der Waals surface area contributed by atoms with E-state index in [0.29, 0.717) is 12.0 Å². The summed E-state index contributed by atoms with van der Waals surface area (Å²) < 4.78 is 4.79. The van der Waals surface area contributed by atoms with Gasteiger partial charge in [0.05, 0.1) is 13.0 Å². The van der Waals surface area contributed by atoms with Gasteiger partial charge in [-0.05, 0) is 36.2 Å². The number of hydrogen-bond donors (Lipinski definition) is 0. The van der Waals surface area contributed by atoms with Crippen LogP contribution in [0.3, 0.4) is 0 Å². The smallest absolute Gasteiger partial charge is 0.312 e. The van der Waals surface area contributed by atoms with E-state index in [0.717, 1.165) is 21.0 Å². The number of esters is 1. The maximum Gasteiger partial charge on any atom is 0.312 e. The summed E-state index contributed by atoms with van der Waals surface area (Å²) in [6.07, 6.45) is 2.08. The van der Waals surface area contributed by atoms with E-state index in [4.69, 9.17) is 4.74 Å². The van der Waals surface area contributed by atoms with Crippen molar-refractivity contribution in [3.8, 4) is 0 Å². The number of Topliss-reactive ketones (excluding diaryl/α,β-unsaturated/α-hetero) is 1. The highest BCUT2D eigenvalue weighted by atomic mass is 32.2. The minimum Gasteiger partial charge on any atom is -0.469 e. The van der Waals surface area contributed by atoms with Crippen LogP contribution in [0.15, 0.2) is 46.5 Å². The van der Waals surface area contributed by atoms with Crippen LogP contribution in [-0.4, -0.2) is 23.8 Å². The summed E-state index contributed by atoms with van der Waals surface area (Å²) >= 11 is 1.47. The molecular weight excluding hydrogens is 298 g/mol. The predicted molar refractivity (Wildman–Crippen MR) is 83.3 cm³/mol. The number of carbonyl (C=O) groups is 2. The Labute approximate surface area is 132 Å². The maximum atomic E-state index is 12.4. The summed E-state index contributed by atoms with van der Waals surface area (Å²) in [6, 6.07) is 9.28. The van der Waals surface area contributed by atoms with Gasteiger partial charge < -0.3 is 4.74 Å². The number of rotatable bonds is 2. The third-order valence-corrected chi connectivity index (χ3v) is 4.89. The lowest BCUT2D eigenvalue weighted by atomic mass is 9.97. The molecule has 0 bridgehead atoms. The van der Waals surface area contributed by atoms with E-state index in [9.17, 15) is 9.59 Å². The SMILES string of the molecule is COC(=O)C(C)c1ccc2c(c1)Sc1ncccc1CC2=O. The second-order valence-corrected chi connectivity index (χ2v) is 6.20. The Kier molecular flexibility index (Phi) is 3.98. The number of methoxy groups -OCH3 is 1. The Bertz CT molecular complexity index is 757. The summed E-state index contributed by atoms with van der Waals surface area (Å²) in [5.41, 5.74) is 2.46. The van der Waals surface area contributed by atoms with E-state index in [1.807, 2.05) is 24.3 Å². The van der Waals surface area contributed by atoms with Gasteiger partial charge in [-0.25, -0.2) is 4.98 Å². The summed E-state index contributed by atoms with van der Waals surface area (Å²) in [5, 5.41) is 0.845. The number of pyridine rings is 1. The van der Waals surface area contributed by atoms with E-state index < -0.39 is 0 Å². The molecule has 4 nitrogen and oxygen atoms in total. The van der Waals surface area contributed by atoms with Crippen LogP contribution in [0, 0.1) is 0 Å². The number of carbonyl (C=O) groups excluding carboxylic acids is 2. The number of fused-ring (bicyclic) bond motifs is 2. The number of aromatic nitrogens is 1. The minimum absolute atomic E-state index is 0.0755. The molecule has 5 heteroatoms. The van der Waals surface area contributed by atoms with Crippen LogP contribution >= 0.6 is 11.8 Å². The van der Waals surface area contributed by atoms with Crippen LogP contribution in [0.1, 0.15) is 34.3 Å². The number of ether oxygens (including phenoxy) is 1. The second-order valence-electron chi connectivity index (χ2n) is 5.17. The first-order valence-corrected chi connectivity index (χ1v) is 7.78. The molecule has 0 saturated carbocycles. The molecule has 0 N–H and O–H groups in total. The third-order valence-electron chi connectivity index (χ3n) is 3.77. The maximum absolute atomic E-state index is 12.4. The lowest BCUT2D eigenvalue weighted by Crippen LogP contribution is -2.11. The zero-order valence-corrected chi connectivity index (χ0v) is 13.1. The fraction of sp³-hybridized carbons (Fsp3) is 0.235. The molecule has 3 rings (SSSR count). The van der Waals surface area contributed by atoms with Gasteiger partial charge in [-0.1, -0.05) is 23.9 Å². The fourth-order valence-electron chi connectivity index (χ4n) is 2.46. The molecule has 22 heavy (non-hydrogen) atoms. The topological polar surface area (TPSA) is 56.3 Å². The molecule has 1 atom stereocenters. The number of ketones is 1. The molecule has 2 heterocycles. The van der Waals surface area contributed by atoms with Crippen LogP contribution < -0.4 is 0 Å². The zero-order chi connectivity index (χ0) is 15.7. The first-order chi connectivity index (χ1) is 10.6. The largest absolute Gasteiger partial charge is 0.469 e. The first-order valence-electron chi connectivity index (χ1n) is 6.97. The van der Waals surface area contributed by atoms with Gasteiger partial charge >= 0.3 is 5.97 Å². The van der Waals surface area contributed by atoms with Gasteiger partial charge in [0.1, 0.15) is 5.03 Å². The molecule has 0 fully saturated rings. The van der Waals surface area contributed by atoms with Gasteiger partial charge in [-0.3, -0.25) is 9.59 Å². The first kappa shape index (κ1) is 14.8. The number of nitrogens with zero attached hydrogens (tertiary/aromatic N) is 1. The van der Waals surface area contributed by atoms with E-state index in [1.165, 1.54) is 18.9 Å². The van der Waals surface area contributed by atoms with E-state index in [1.54, 1.807) is 19.2 Å². The quantitative estimate of drug-likeness (QED) is 0.797. The average molecular weight is 313 g/mol. The van der Waals surface area contributed by atoms with Crippen molar-refractivity contribution in [3.63, 3.8) is 0 Å². The molecule has 1 aliphatic rings. The monoisotopic (exact) mass is 313 g/mol. The third kappa shape index (κ3) is 2.64. The highest BCUT2D eigenvalue weighted by Crippen LogP contribution is 2.37. The van der Waals surface area contributed by atoms with Gasteiger partial charge in [0.2, 0.25) is 0 Å². The molecule has 2 aromatic rings. The molecule has 1 aromatic heterocycles. The van der Waals surface area contributed by atoms with Crippen molar-refractivity contribution in [1.82, 2.24) is 4.98 Å².